The van der Waals surface area contributed by atoms with Crippen LogP contribution in [0.15, 0.2) is 154 Å². The minimum absolute atomic E-state index is 0.0469. The number of hydrogen-bond donors (Lipinski definition) is 0. The summed E-state index contributed by atoms with van der Waals surface area (Å²) in [4.78, 5) is 34.8. The molecule has 2 amide bonds. The molecule has 0 saturated heterocycles. The SMILES string of the molecule is CC(=O)N1N=C(c2ccc(N3C(=O)/C(=C/c4ccc(OS(=O)(=O)c5ccccc5)cc4)N=C3c3ccccc3)cc2)OC1c1ccc(N(C)C)cc1. The van der Waals surface area contributed by atoms with Gasteiger partial charge in [0.1, 0.15) is 22.2 Å². The monoisotopic (exact) mass is 711 g/mol. The Morgan fingerprint density at radius 2 is 1.44 bits per heavy atom. The molecule has 2 aliphatic rings. The van der Waals surface area contributed by atoms with Crippen molar-refractivity contribution in [3.63, 3.8) is 0 Å². The van der Waals surface area contributed by atoms with E-state index in [0.717, 1.165) is 16.8 Å². The average Bonchev–Trinajstić information content (AvgIpc) is 3.75. The van der Waals surface area contributed by atoms with Gasteiger partial charge >= 0.3 is 10.1 Å². The predicted octanol–water partition coefficient (Wildman–Crippen LogP) is 6.59. The number of anilines is 2. The van der Waals surface area contributed by atoms with E-state index in [1.807, 2.05) is 73.6 Å². The van der Waals surface area contributed by atoms with Crippen molar-refractivity contribution in [1.29, 1.82) is 0 Å². The van der Waals surface area contributed by atoms with E-state index in [0.29, 0.717) is 22.6 Å². The number of carbonyl (C=O) groups is 2. The fraction of sp³-hybridized carbons (Fsp3) is 0.100. The highest BCUT2D eigenvalue weighted by molar-refractivity contribution is 7.87. The van der Waals surface area contributed by atoms with Crippen molar-refractivity contribution in [2.24, 2.45) is 10.1 Å². The largest absolute Gasteiger partial charge is 0.446 e. The molecule has 0 radical (unpaired) electrons. The van der Waals surface area contributed by atoms with Crippen LogP contribution in [-0.4, -0.2) is 51.1 Å². The van der Waals surface area contributed by atoms with Crippen LogP contribution in [0.25, 0.3) is 6.08 Å². The van der Waals surface area contributed by atoms with Gasteiger partial charge in [-0.05, 0) is 72.3 Å². The molecule has 0 N–H and O–H groups in total. The first-order chi connectivity index (χ1) is 25.1. The summed E-state index contributed by atoms with van der Waals surface area (Å²) in [5.74, 6) is 0.236. The fourth-order valence-electron chi connectivity index (χ4n) is 5.67. The second kappa shape index (κ2) is 14.0. The molecule has 2 aliphatic heterocycles. The van der Waals surface area contributed by atoms with Crippen LogP contribution in [0.4, 0.5) is 11.4 Å². The van der Waals surface area contributed by atoms with Gasteiger partial charge in [-0.25, -0.2) is 4.99 Å². The van der Waals surface area contributed by atoms with Gasteiger partial charge in [-0.15, -0.1) is 5.10 Å². The third-order valence-corrected chi connectivity index (χ3v) is 9.61. The lowest BCUT2D eigenvalue weighted by Gasteiger charge is -2.20. The van der Waals surface area contributed by atoms with Crippen LogP contribution >= 0.6 is 0 Å². The average molecular weight is 712 g/mol. The molecule has 0 aliphatic carbocycles. The summed E-state index contributed by atoms with van der Waals surface area (Å²) in [7, 11) is -0.0927. The Hall–Kier alpha value is -6.53. The zero-order valence-corrected chi connectivity index (χ0v) is 29.3. The number of aliphatic imine (C=N–C) groups is 1. The molecule has 5 aromatic carbocycles. The second-order valence-corrected chi connectivity index (χ2v) is 13.7. The van der Waals surface area contributed by atoms with Gasteiger partial charge in [-0.2, -0.15) is 13.4 Å². The number of amides is 2. The second-order valence-electron chi connectivity index (χ2n) is 12.2. The van der Waals surface area contributed by atoms with Crippen molar-refractivity contribution < 1.29 is 26.9 Å². The third kappa shape index (κ3) is 6.92. The summed E-state index contributed by atoms with van der Waals surface area (Å²) in [5, 5.41) is 5.81. The Morgan fingerprint density at radius 1 is 0.808 bits per heavy atom. The van der Waals surface area contributed by atoms with E-state index in [1.54, 1.807) is 60.7 Å². The number of hydrogen-bond acceptors (Lipinski definition) is 9. The molecule has 11 nitrogen and oxygen atoms in total. The Morgan fingerprint density at radius 3 is 2.06 bits per heavy atom. The van der Waals surface area contributed by atoms with E-state index >= 15 is 0 Å². The van der Waals surface area contributed by atoms with Gasteiger partial charge in [-0.1, -0.05) is 72.8 Å². The molecular weight excluding hydrogens is 679 g/mol. The van der Waals surface area contributed by atoms with Gasteiger partial charge in [0, 0.05) is 43.4 Å². The zero-order valence-electron chi connectivity index (χ0n) is 28.5. The summed E-state index contributed by atoms with van der Waals surface area (Å²) >= 11 is 0. The number of nitrogens with zero attached hydrogens (tertiary/aromatic N) is 5. The lowest BCUT2D eigenvalue weighted by atomic mass is 10.1. The molecule has 0 aromatic heterocycles. The van der Waals surface area contributed by atoms with E-state index in [4.69, 9.17) is 13.9 Å². The van der Waals surface area contributed by atoms with E-state index in [-0.39, 0.29) is 34.1 Å². The molecule has 260 valence electrons. The Bertz CT molecular complexity index is 2320. The van der Waals surface area contributed by atoms with E-state index in [1.165, 1.54) is 41.1 Å². The molecule has 12 heteroatoms. The number of carbonyl (C=O) groups excluding carboxylic acids is 2. The molecule has 2 heterocycles. The summed E-state index contributed by atoms with van der Waals surface area (Å²) in [6.07, 6.45) is 0.916. The van der Waals surface area contributed by atoms with Gasteiger partial charge in [0.2, 0.25) is 18.0 Å². The van der Waals surface area contributed by atoms with Crippen molar-refractivity contribution >= 4 is 51.1 Å². The van der Waals surface area contributed by atoms with Crippen molar-refractivity contribution in [1.82, 2.24) is 5.01 Å². The van der Waals surface area contributed by atoms with Crippen molar-refractivity contribution in [2.45, 2.75) is 18.0 Å². The summed E-state index contributed by atoms with van der Waals surface area (Å²) in [6, 6.07) is 38.4. The first kappa shape index (κ1) is 33.9. The Labute approximate surface area is 301 Å². The molecule has 0 spiro atoms. The molecular formula is C40H33N5O6S. The van der Waals surface area contributed by atoms with E-state index in [2.05, 4.69) is 5.10 Å². The van der Waals surface area contributed by atoms with Gasteiger partial charge < -0.3 is 13.8 Å². The number of ether oxygens (including phenoxy) is 1. The van der Waals surface area contributed by atoms with Crippen LogP contribution in [-0.2, 0) is 24.4 Å². The summed E-state index contributed by atoms with van der Waals surface area (Å²) in [5.41, 5.74) is 4.53. The van der Waals surface area contributed by atoms with Crippen LogP contribution in [0.5, 0.6) is 5.75 Å². The summed E-state index contributed by atoms with van der Waals surface area (Å²) in [6.45, 7) is 1.44. The topological polar surface area (TPSA) is 121 Å². The minimum atomic E-state index is -4.00. The van der Waals surface area contributed by atoms with Gasteiger partial charge in [-0.3, -0.25) is 14.5 Å². The number of amidine groups is 1. The van der Waals surface area contributed by atoms with Gasteiger partial charge in [0.15, 0.2) is 0 Å². The first-order valence-electron chi connectivity index (χ1n) is 16.3. The lowest BCUT2D eigenvalue weighted by Crippen LogP contribution is -2.32. The molecule has 1 unspecified atom stereocenters. The maximum Gasteiger partial charge on any atom is 0.339 e. The smallest absolute Gasteiger partial charge is 0.339 e. The number of hydrazone groups is 1. The maximum atomic E-state index is 14.0. The van der Waals surface area contributed by atoms with Gasteiger partial charge in [0.25, 0.3) is 5.91 Å². The standard InChI is InChI=1S/C40H33N5O6S/c1-27(46)45-40(31-18-20-32(21-19-31)43(2)3)50-38(42-45)30-16-22-33(23-17-30)44-37(29-10-6-4-7-11-29)41-36(39(44)47)26-28-14-24-34(25-15-28)51-52(48,49)35-12-8-5-9-13-35/h4-26,40H,1-3H3/b36-26-. The lowest BCUT2D eigenvalue weighted by molar-refractivity contribution is -0.135. The third-order valence-electron chi connectivity index (χ3n) is 8.35. The quantitative estimate of drug-likeness (QED) is 0.125. The zero-order chi connectivity index (χ0) is 36.4. The van der Waals surface area contributed by atoms with Crippen LogP contribution < -0.4 is 14.0 Å². The molecule has 5 aromatic rings. The number of rotatable bonds is 9. The highest BCUT2D eigenvalue weighted by Gasteiger charge is 2.35. The molecule has 0 fully saturated rings. The van der Waals surface area contributed by atoms with Crippen LogP contribution in [0, 0.1) is 0 Å². The molecule has 7 rings (SSSR count). The Balaban J connectivity index is 1.13. The van der Waals surface area contributed by atoms with Gasteiger partial charge in [0.05, 0.1) is 5.69 Å². The number of benzene rings is 5. The molecule has 52 heavy (non-hydrogen) atoms. The van der Waals surface area contributed by atoms with Crippen molar-refractivity contribution in [3.05, 3.63) is 161 Å². The minimum Gasteiger partial charge on any atom is -0.446 e. The van der Waals surface area contributed by atoms with Crippen molar-refractivity contribution in [3.8, 4) is 5.75 Å². The molecule has 1 atom stereocenters. The van der Waals surface area contributed by atoms with Crippen molar-refractivity contribution in [2.75, 3.05) is 23.9 Å². The molecule has 0 bridgehead atoms. The predicted molar refractivity (Wildman–Crippen MR) is 199 cm³/mol. The Kier molecular flexibility index (Phi) is 9.14. The fourth-order valence-corrected chi connectivity index (χ4v) is 6.62. The highest BCUT2D eigenvalue weighted by Crippen LogP contribution is 2.33. The van der Waals surface area contributed by atoms with Crippen LogP contribution in [0.3, 0.4) is 0 Å². The summed E-state index contributed by atoms with van der Waals surface area (Å²) < 4.78 is 36.8. The maximum absolute atomic E-state index is 14.0. The normalized spacial score (nSPS) is 16.4. The van der Waals surface area contributed by atoms with Crippen LogP contribution in [0.2, 0.25) is 0 Å². The molecule has 0 saturated carbocycles. The van der Waals surface area contributed by atoms with E-state index in [9.17, 15) is 18.0 Å². The van der Waals surface area contributed by atoms with E-state index < -0.39 is 16.3 Å². The van der Waals surface area contributed by atoms with Crippen LogP contribution in [0.1, 0.15) is 35.4 Å². The first-order valence-corrected chi connectivity index (χ1v) is 17.7. The highest BCUT2D eigenvalue weighted by atomic mass is 32.2.